The second-order valence-electron chi connectivity index (χ2n) is 9.62. The minimum Gasteiger partial charge on any atom is -0.471 e. The molecule has 0 spiro atoms. The van der Waals surface area contributed by atoms with Crippen molar-refractivity contribution in [1.82, 2.24) is 34.6 Å². The van der Waals surface area contributed by atoms with E-state index in [0.717, 1.165) is 5.69 Å². The van der Waals surface area contributed by atoms with Crippen molar-refractivity contribution in [1.29, 1.82) is 0 Å². The molecule has 0 unspecified atom stereocenters. The molecule has 1 amide bonds. The SMILES string of the molecule is O=C(Cn1nc(-c2ccc(F)cc2)nc1-c1ccc(F)cc1)N1CCN(c2cc(OCc3ccccn3)ncn2)CC1. The van der Waals surface area contributed by atoms with Crippen molar-refractivity contribution in [3.05, 3.63) is 103 Å². The Morgan fingerprint density at radius 2 is 1.55 bits per heavy atom. The molecule has 0 radical (unpaired) electrons. The van der Waals surface area contributed by atoms with Crippen molar-refractivity contribution in [2.45, 2.75) is 13.2 Å². The quantitative estimate of drug-likeness (QED) is 0.277. The van der Waals surface area contributed by atoms with Gasteiger partial charge in [0.15, 0.2) is 11.6 Å². The first-order chi connectivity index (χ1) is 20.5. The van der Waals surface area contributed by atoms with Crippen LogP contribution in [0.1, 0.15) is 5.69 Å². The minimum atomic E-state index is -0.381. The first kappa shape index (κ1) is 26.9. The van der Waals surface area contributed by atoms with Gasteiger partial charge < -0.3 is 14.5 Å². The number of piperazine rings is 1. The van der Waals surface area contributed by atoms with Crippen LogP contribution in [0.25, 0.3) is 22.8 Å². The molecule has 0 atom stereocenters. The van der Waals surface area contributed by atoms with Crippen molar-refractivity contribution in [2.24, 2.45) is 0 Å². The van der Waals surface area contributed by atoms with Gasteiger partial charge in [-0.3, -0.25) is 9.78 Å². The molecular formula is C30H26F2N8O2. The van der Waals surface area contributed by atoms with Crippen LogP contribution in [0.5, 0.6) is 5.88 Å². The molecule has 1 fully saturated rings. The fourth-order valence-corrected chi connectivity index (χ4v) is 4.61. The second kappa shape index (κ2) is 12.1. The number of hydrogen-bond acceptors (Lipinski definition) is 8. The number of aromatic nitrogens is 6. The number of hydrogen-bond donors (Lipinski definition) is 0. The van der Waals surface area contributed by atoms with E-state index >= 15 is 0 Å². The Kier molecular flexibility index (Phi) is 7.75. The molecule has 0 aliphatic carbocycles. The van der Waals surface area contributed by atoms with Crippen molar-refractivity contribution in [3.63, 3.8) is 0 Å². The Morgan fingerprint density at radius 1 is 0.833 bits per heavy atom. The standard InChI is InChI=1S/C30H26F2N8O2/c31-23-8-4-21(5-9-23)29-36-30(22-6-10-24(32)11-7-22)40(37-29)18-28(41)39-15-13-38(14-16-39)26-17-27(35-20-34-26)42-19-25-3-1-2-12-33-25/h1-12,17,20H,13-16,18-19H2. The van der Waals surface area contributed by atoms with Crippen LogP contribution in [0.15, 0.2) is 85.3 Å². The summed E-state index contributed by atoms with van der Waals surface area (Å²) in [6.07, 6.45) is 3.17. The van der Waals surface area contributed by atoms with E-state index in [1.54, 1.807) is 41.4 Å². The van der Waals surface area contributed by atoms with Gasteiger partial charge >= 0.3 is 0 Å². The third-order valence-corrected chi connectivity index (χ3v) is 6.84. The zero-order chi connectivity index (χ0) is 28.9. The van der Waals surface area contributed by atoms with Crippen molar-refractivity contribution < 1.29 is 18.3 Å². The highest BCUT2D eigenvalue weighted by molar-refractivity contribution is 5.77. The van der Waals surface area contributed by atoms with Crippen LogP contribution < -0.4 is 9.64 Å². The molecule has 1 aliphatic heterocycles. The van der Waals surface area contributed by atoms with E-state index in [1.807, 2.05) is 18.2 Å². The number of pyridine rings is 1. The average molecular weight is 569 g/mol. The normalized spacial score (nSPS) is 13.3. The Hall–Kier alpha value is -5.26. The minimum absolute atomic E-state index is 0.0556. The summed E-state index contributed by atoms with van der Waals surface area (Å²) in [6, 6.07) is 19.0. The maximum Gasteiger partial charge on any atom is 0.244 e. The van der Waals surface area contributed by atoms with Gasteiger partial charge in [-0.1, -0.05) is 6.07 Å². The van der Waals surface area contributed by atoms with Gasteiger partial charge in [0.1, 0.15) is 36.9 Å². The van der Waals surface area contributed by atoms with E-state index in [-0.39, 0.29) is 24.1 Å². The van der Waals surface area contributed by atoms with Gasteiger partial charge in [0, 0.05) is 49.6 Å². The number of halogens is 2. The Bertz CT molecular complexity index is 1660. The smallest absolute Gasteiger partial charge is 0.244 e. The van der Waals surface area contributed by atoms with Gasteiger partial charge in [0.2, 0.25) is 11.8 Å². The lowest BCUT2D eigenvalue weighted by molar-refractivity contribution is -0.132. The number of rotatable bonds is 8. The third kappa shape index (κ3) is 6.22. The Balaban J connectivity index is 1.12. The Labute approximate surface area is 240 Å². The van der Waals surface area contributed by atoms with E-state index in [0.29, 0.717) is 67.3 Å². The highest BCUT2D eigenvalue weighted by atomic mass is 19.1. The average Bonchev–Trinajstić information content (AvgIpc) is 3.45. The van der Waals surface area contributed by atoms with Crippen LogP contribution in [-0.2, 0) is 17.9 Å². The molecule has 0 saturated carbocycles. The van der Waals surface area contributed by atoms with Crippen LogP contribution in [0.4, 0.5) is 14.6 Å². The molecule has 2 aromatic carbocycles. The zero-order valence-corrected chi connectivity index (χ0v) is 22.5. The Morgan fingerprint density at radius 3 is 2.24 bits per heavy atom. The largest absolute Gasteiger partial charge is 0.471 e. The van der Waals surface area contributed by atoms with E-state index in [9.17, 15) is 13.6 Å². The predicted octanol–water partition coefficient (Wildman–Crippen LogP) is 4.00. The maximum atomic E-state index is 13.6. The van der Waals surface area contributed by atoms with Gasteiger partial charge in [0.05, 0.1) is 5.69 Å². The molecule has 4 heterocycles. The molecule has 1 saturated heterocycles. The van der Waals surface area contributed by atoms with Crippen LogP contribution in [0.2, 0.25) is 0 Å². The van der Waals surface area contributed by atoms with Crippen molar-refractivity contribution in [2.75, 3.05) is 31.1 Å². The number of carbonyl (C=O) groups excluding carboxylic acids is 1. The van der Waals surface area contributed by atoms with Gasteiger partial charge in [-0.15, -0.1) is 5.10 Å². The van der Waals surface area contributed by atoms with Crippen LogP contribution in [0.3, 0.4) is 0 Å². The fraction of sp³-hybridized carbons (Fsp3) is 0.200. The number of nitrogens with zero attached hydrogens (tertiary/aromatic N) is 8. The van der Waals surface area contributed by atoms with Crippen molar-refractivity contribution >= 4 is 11.7 Å². The monoisotopic (exact) mass is 568 g/mol. The summed E-state index contributed by atoms with van der Waals surface area (Å²) >= 11 is 0. The zero-order valence-electron chi connectivity index (χ0n) is 22.5. The molecule has 42 heavy (non-hydrogen) atoms. The van der Waals surface area contributed by atoms with E-state index < -0.39 is 0 Å². The molecule has 3 aromatic heterocycles. The molecule has 212 valence electrons. The van der Waals surface area contributed by atoms with Crippen LogP contribution >= 0.6 is 0 Å². The summed E-state index contributed by atoms with van der Waals surface area (Å²) in [6.45, 7) is 2.36. The highest BCUT2D eigenvalue weighted by Gasteiger charge is 2.24. The summed E-state index contributed by atoms with van der Waals surface area (Å²) in [5, 5.41) is 4.55. The maximum absolute atomic E-state index is 13.6. The van der Waals surface area contributed by atoms with E-state index in [4.69, 9.17) is 4.74 Å². The molecule has 5 aromatic rings. The number of carbonyl (C=O) groups is 1. The van der Waals surface area contributed by atoms with Crippen LogP contribution in [-0.4, -0.2) is 66.7 Å². The number of ether oxygens (including phenoxy) is 1. The lowest BCUT2D eigenvalue weighted by Gasteiger charge is -2.35. The van der Waals surface area contributed by atoms with Crippen LogP contribution in [0, 0.1) is 11.6 Å². The van der Waals surface area contributed by atoms with Gasteiger partial charge in [-0.25, -0.2) is 28.4 Å². The molecule has 10 nitrogen and oxygen atoms in total. The molecule has 1 aliphatic rings. The lowest BCUT2D eigenvalue weighted by atomic mass is 10.2. The summed E-state index contributed by atoms with van der Waals surface area (Å²) in [5.41, 5.74) is 2.01. The number of benzene rings is 2. The van der Waals surface area contributed by atoms with Gasteiger partial charge in [-0.05, 0) is 60.7 Å². The molecule has 12 heteroatoms. The first-order valence-corrected chi connectivity index (χ1v) is 13.4. The topological polar surface area (TPSA) is 102 Å². The summed E-state index contributed by atoms with van der Waals surface area (Å²) < 4.78 is 34.4. The molecule has 0 bridgehead atoms. The predicted molar refractivity (Wildman–Crippen MR) is 150 cm³/mol. The number of anilines is 1. The summed E-state index contributed by atoms with van der Waals surface area (Å²) in [7, 11) is 0. The summed E-state index contributed by atoms with van der Waals surface area (Å²) in [4.78, 5) is 34.7. The molecular weight excluding hydrogens is 542 g/mol. The second-order valence-corrected chi connectivity index (χ2v) is 9.62. The number of amides is 1. The first-order valence-electron chi connectivity index (χ1n) is 13.4. The summed E-state index contributed by atoms with van der Waals surface area (Å²) in [5.74, 6) is 1.04. The van der Waals surface area contributed by atoms with E-state index in [2.05, 4.69) is 29.9 Å². The van der Waals surface area contributed by atoms with Gasteiger partial charge in [-0.2, -0.15) is 0 Å². The van der Waals surface area contributed by atoms with Crippen molar-refractivity contribution in [3.8, 4) is 28.7 Å². The van der Waals surface area contributed by atoms with E-state index in [1.165, 1.54) is 35.3 Å². The molecule has 0 N–H and O–H groups in total. The highest BCUT2D eigenvalue weighted by Crippen LogP contribution is 2.24. The fourth-order valence-electron chi connectivity index (χ4n) is 4.61. The third-order valence-electron chi connectivity index (χ3n) is 6.84. The van der Waals surface area contributed by atoms with Gasteiger partial charge in [0.25, 0.3) is 0 Å². The lowest BCUT2D eigenvalue weighted by Crippen LogP contribution is -2.50. The molecule has 6 rings (SSSR count).